The van der Waals surface area contributed by atoms with Gasteiger partial charge in [0.1, 0.15) is 0 Å². The summed E-state index contributed by atoms with van der Waals surface area (Å²) in [5.41, 5.74) is 0. The molecule has 0 rings (SSSR count). The van der Waals surface area contributed by atoms with E-state index in [1.165, 1.54) is 0 Å². The molecule has 0 aliphatic rings. The third-order valence-electron chi connectivity index (χ3n) is 0. The van der Waals surface area contributed by atoms with Crippen molar-refractivity contribution in [1.82, 2.24) is 6.15 Å². The molecule has 22 heavy (non-hydrogen) atoms. The zero-order valence-electron chi connectivity index (χ0n) is 9.86. The molecular weight excluding hydrogens is 415 g/mol. The molecule has 21 nitrogen and oxygen atoms in total. The molecule has 0 aliphatic heterocycles. The number of hydrogen-bond donors (Lipinski definition) is 1. The molecule has 128 valence electrons. The van der Waals surface area contributed by atoms with Crippen LogP contribution in [0.5, 0.6) is 0 Å². The summed E-state index contributed by atoms with van der Waals surface area (Å²) in [4.78, 5) is 41.2. The van der Waals surface area contributed by atoms with Gasteiger partial charge in [-0.25, -0.2) is 0 Å². The van der Waals surface area contributed by atoms with Gasteiger partial charge in [-0.3, -0.25) is 0 Å². The second-order valence-corrected chi connectivity index (χ2v) is 1.12. The van der Waals surface area contributed by atoms with Gasteiger partial charge >= 0.3 is 26.2 Å². The first kappa shape index (κ1) is 42.8. The van der Waals surface area contributed by atoms with E-state index >= 15 is 0 Å². The van der Waals surface area contributed by atoms with E-state index in [1.807, 2.05) is 0 Å². The Morgan fingerprint density at radius 1 is 0.364 bits per heavy atom. The van der Waals surface area contributed by atoms with E-state index in [0.29, 0.717) is 0 Å². The van der Waals surface area contributed by atoms with Crippen LogP contribution in [0.1, 0.15) is 0 Å². The van der Waals surface area contributed by atoms with Crippen molar-refractivity contribution >= 4 is 0 Å². The minimum atomic E-state index is -1.75. The van der Waals surface area contributed by atoms with Crippen molar-refractivity contribution in [2.24, 2.45) is 0 Å². The van der Waals surface area contributed by atoms with E-state index in [4.69, 9.17) is 76.6 Å². The number of hydrogen-bond acceptors (Lipinski definition) is 15. The molecule has 0 saturated heterocycles. The van der Waals surface area contributed by atoms with Crippen molar-refractivity contribution in [3.63, 3.8) is 0 Å². The molecule has 0 aromatic carbocycles. The third kappa shape index (κ3) is 424. The van der Waals surface area contributed by atoms with Crippen LogP contribution in [0.25, 0.3) is 0 Å². The van der Waals surface area contributed by atoms with Crippen molar-refractivity contribution in [1.29, 1.82) is 0 Å². The molecule has 0 aliphatic carbocycles. The monoisotopic (exact) mass is 418 g/mol. The predicted octanol–water partition coefficient (Wildman–Crippen LogP) is -0.822. The minimum Gasteiger partial charge on any atom is -0.369 e. The molecule has 0 atom stereocenters. The molecule has 4 N–H and O–H groups in total. The standard InChI is InChI=1S/5NO3.H3N.Zr/c5*2-1(3)4;;/h;;;;;1H3;/q5*-1;;+4/p+1. The van der Waals surface area contributed by atoms with Crippen LogP contribution < -0.4 is 6.15 Å². The van der Waals surface area contributed by atoms with Crippen molar-refractivity contribution in [3.8, 4) is 0 Å². The Bertz CT molecular complexity index is 209. The fourth-order valence-electron chi connectivity index (χ4n) is 0. The first-order valence-electron chi connectivity index (χ1n) is 2.74. The summed E-state index contributed by atoms with van der Waals surface area (Å²) in [7, 11) is 0. The first-order chi connectivity index (χ1) is 8.66. The number of rotatable bonds is 0. The topological polar surface area (TPSA) is 367 Å². The molecular formula is H4N6O15Zr. The van der Waals surface area contributed by atoms with Gasteiger partial charge in [-0.2, -0.15) is 0 Å². The Balaban J connectivity index is -0.0000000250. The van der Waals surface area contributed by atoms with Crippen molar-refractivity contribution in [2.45, 2.75) is 0 Å². The molecule has 0 unspecified atom stereocenters. The Kier molecular flexibility index (Phi) is 70.2. The molecule has 0 saturated carbocycles. The zero-order chi connectivity index (χ0) is 17.9. The first-order valence-corrected chi connectivity index (χ1v) is 2.74. The fraction of sp³-hybridized carbons (Fsp3) is 0. The number of quaternary nitrogens is 1. The van der Waals surface area contributed by atoms with Gasteiger partial charge in [-0.05, 0) is 0 Å². The second kappa shape index (κ2) is 36.1. The fourth-order valence-corrected chi connectivity index (χ4v) is 0. The molecule has 0 spiro atoms. The van der Waals surface area contributed by atoms with E-state index in [-0.39, 0.29) is 32.4 Å². The molecule has 0 amide bonds. The van der Waals surface area contributed by atoms with Gasteiger partial charge in [0.05, 0.1) is 25.4 Å². The van der Waals surface area contributed by atoms with Gasteiger partial charge in [0.25, 0.3) is 0 Å². The summed E-state index contributed by atoms with van der Waals surface area (Å²) in [6.07, 6.45) is 0. The van der Waals surface area contributed by atoms with E-state index in [2.05, 4.69) is 0 Å². The molecule has 0 radical (unpaired) electrons. The normalized spacial score (nSPS) is 5.45. The summed E-state index contributed by atoms with van der Waals surface area (Å²) < 4.78 is 0. The Morgan fingerprint density at radius 2 is 0.364 bits per heavy atom. The Labute approximate surface area is 135 Å². The maximum atomic E-state index is 8.25. The van der Waals surface area contributed by atoms with Crippen molar-refractivity contribution in [3.05, 3.63) is 76.6 Å². The van der Waals surface area contributed by atoms with Crippen LogP contribution in [0.3, 0.4) is 0 Å². The van der Waals surface area contributed by atoms with Crippen molar-refractivity contribution in [2.75, 3.05) is 0 Å². The van der Waals surface area contributed by atoms with Crippen LogP contribution in [-0.4, -0.2) is 25.4 Å². The molecule has 0 aromatic heterocycles. The quantitative estimate of drug-likeness (QED) is 0.369. The van der Waals surface area contributed by atoms with Gasteiger partial charge in [-0.1, -0.05) is 0 Å². The Hall–Kier alpha value is -3.16. The van der Waals surface area contributed by atoms with Gasteiger partial charge in [0, 0.05) is 0 Å². The summed E-state index contributed by atoms with van der Waals surface area (Å²) in [5.74, 6) is 0. The van der Waals surface area contributed by atoms with E-state index in [9.17, 15) is 0 Å². The van der Waals surface area contributed by atoms with Crippen LogP contribution in [0.4, 0.5) is 0 Å². The van der Waals surface area contributed by atoms with Crippen LogP contribution in [0.2, 0.25) is 0 Å². The van der Waals surface area contributed by atoms with Crippen LogP contribution in [0.15, 0.2) is 0 Å². The third-order valence-corrected chi connectivity index (χ3v) is 0. The SMILES string of the molecule is O=[N+]([O-])[O-].O=[N+]([O-])[O-].O=[N+]([O-])[O-].O=[N+]([O-])[O-].O=[N+]([O-])[O-].[NH4+].[Zr+4]. The zero-order valence-corrected chi connectivity index (χ0v) is 12.3. The van der Waals surface area contributed by atoms with Crippen LogP contribution in [-0.2, 0) is 26.2 Å². The average Bonchev–Trinajstić information content (AvgIpc) is 1.94. The predicted molar refractivity (Wildman–Crippen MR) is 57.8 cm³/mol. The summed E-state index contributed by atoms with van der Waals surface area (Å²) in [5, 5.41) is 73.8. The average molecular weight is 419 g/mol. The summed E-state index contributed by atoms with van der Waals surface area (Å²) >= 11 is 0. The van der Waals surface area contributed by atoms with Crippen molar-refractivity contribution < 1.29 is 51.6 Å². The maximum absolute atomic E-state index is 8.25. The molecule has 0 bridgehead atoms. The summed E-state index contributed by atoms with van der Waals surface area (Å²) in [6.45, 7) is 0. The van der Waals surface area contributed by atoms with Crippen LogP contribution >= 0.6 is 0 Å². The van der Waals surface area contributed by atoms with Gasteiger partial charge in [-0.15, -0.1) is 0 Å². The van der Waals surface area contributed by atoms with E-state index < -0.39 is 25.4 Å². The summed E-state index contributed by atoms with van der Waals surface area (Å²) in [6, 6.07) is 0. The molecule has 0 aromatic rings. The Morgan fingerprint density at radius 3 is 0.364 bits per heavy atom. The van der Waals surface area contributed by atoms with Crippen LogP contribution in [0, 0.1) is 76.6 Å². The van der Waals surface area contributed by atoms with Gasteiger partial charge in [0.2, 0.25) is 0 Å². The van der Waals surface area contributed by atoms with E-state index in [0.717, 1.165) is 0 Å². The smallest absolute Gasteiger partial charge is 0.369 e. The number of nitrogens with zero attached hydrogens (tertiary/aromatic N) is 5. The molecule has 0 fully saturated rings. The molecule has 22 heteroatoms. The van der Waals surface area contributed by atoms with Gasteiger partial charge < -0.3 is 82.8 Å². The largest absolute Gasteiger partial charge is 4.00 e. The maximum Gasteiger partial charge on any atom is 4.00 e. The van der Waals surface area contributed by atoms with E-state index in [1.54, 1.807) is 0 Å². The van der Waals surface area contributed by atoms with Gasteiger partial charge in [0.15, 0.2) is 0 Å². The second-order valence-electron chi connectivity index (χ2n) is 1.12. The molecule has 0 heterocycles. The minimum absolute atomic E-state index is 0.